The summed E-state index contributed by atoms with van der Waals surface area (Å²) >= 11 is 0. The van der Waals surface area contributed by atoms with Crippen LogP contribution in [0.3, 0.4) is 0 Å². The lowest BCUT2D eigenvalue weighted by atomic mass is 9.52. The third-order valence-corrected chi connectivity index (χ3v) is 4.34. The monoisotopic (exact) mass is 211 g/mol. The van der Waals surface area contributed by atoms with E-state index in [-0.39, 0.29) is 0 Å². The summed E-state index contributed by atoms with van der Waals surface area (Å²) in [4.78, 5) is 0. The summed E-state index contributed by atoms with van der Waals surface area (Å²) in [6.45, 7) is 8.96. The second-order valence-electron chi connectivity index (χ2n) is 5.61. The highest BCUT2D eigenvalue weighted by atomic mass is 16.4. The van der Waals surface area contributed by atoms with Crippen molar-refractivity contribution in [3.8, 4) is 0 Å². The largest absolute Gasteiger partial charge is 0.411 e. The Morgan fingerprint density at radius 1 is 1.33 bits per heavy atom. The number of oxime groups is 1. The molecule has 0 bridgehead atoms. The zero-order valence-electron chi connectivity index (χ0n) is 10.6. The highest BCUT2D eigenvalue weighted by molar-refractivity contribution is 5.81. The average molecular weight is 211 g/mol. The van der Waals surface area contributed by atoms with E-state index in [2.05, 4.69) is 25.9 Å². The van der Waals surface area contributed by atoms with Crippen LogP contribution in [0.2, 0.25) is 0 Å². The summed E-state index contributed by atoms with van der Waals surface area (Å²) in [5, 5.41) is 11.8. The maximum atomic E-state index is 8.59. The summed E-state index contributed by atoms with van der Waals surface area (Å²) in [5.41, 5.74) is 1.37. The normalized spacial score (nSPS) is 30.0. The minimum absolute atomic E-state index is 0.506. The molecular formula is C13H25NO. The van der Waals surface area contributed by atoms with Crippen LogP contribution in [0.25, 0.3) is 0 Å². The van der Waals surface area contributed by atoms with Crippen LogP contribution in [0.1, 0.15) is 59.8 Å². The molecule has 0 aromatic heterocycles. The van der Waals surface area contributed by atoms with Crippen molar-refractivity contribution in [1.82, 2.24) is 0 Å². The number of rotatable bonds is 5. The Morgan fingerprint density at radius 2 is 1.93 bits per heavy atom. The van der Waals surface area contributed by atoms with Crippen molar-refractivity contribution in [2.75, 3.05) is 0 Å². The third-order valence-electron chi connectivity index (χ3n) is 4.34. The lowest BCUT2D eigenvalue weighted by molar-refractivity contribution is -0.0294. The summed E-state index contributed by atoms with van der Waals surface area (Å²) in [5.74, 6) is 1.74. The molecule has 0 radical (unpaired) electrons. The van der Waals surface area contributed by atoms with Gasteiger partial charge in [0.25, 0.3) is 0 Å². The Bertz CT molecular complexity index is 233. The topological polar surface area (TPSA) is 32.6 Å². The second-order valence-corrected chi connectivity index (χ2v) is 5.61. The van der Waals surface area contributed by atoms with E-state index >= 15 is 0 Å². The maximum Gasteiger partial charge on any atom is 0.0540 e. The van der Waals surface area contributed by atoms with Crippen LogP contribution < -0.4 is 0 Å². The predicted molar refractivity (Wildman–Crippen MR) is 64.4 cm³/mol. The molecule has 15 heavy (non-hydrogen) atoms. The molecular weight excluding hydrogens is 186 g/mol. The van der Waals surface area contributed by atoms with Gasteiger partial charge in [0.05, 0.1) is 5.71 Å². The van der Waals surface area contributed by atoms with Crippen LogP contribution in [0, 0.1) is 17.3 Å². The van der Waals surface area contributed by atoms with Gasteiger partial charge in [-0.3, -0.25) is 0 Å². The smallest absolute Gasteiger partial charge is 0.0540 e. The molecule has 0 aromatic rings. The molecule has 2 heteroatoms. The van der Waals surface area contributed by atoms with E-state index in [1.807, 2.05) is 6.92 Å². The van der Waals surface area contributed by atoms with Crippen LogP contribution in [-0.2, 0) is 0 Å². The highest BCUT2D eigenvalue weighted by Gasteiger charge is 2.46. The van der Waals surface area contributed by atoms with Gasteiger partial charge in [-0.1, -0.05) is 38.8 Å². The second kappa shape index (κ2) is 5.00. The Labute approximate surface area is 93.8 Å². The van der Waals surface area contributed by atoms with Gasteiger partial charge in [0.1, 0.15) is 0 Å². The van der Waals surface area contributed by atoms with Gasteiger partial charge >= 0.3 is 0 Å². The fraction of sp³-hybridized carbons (Fsp3) is 0.923. The lowest BCUT2D eigenvalue weighted by Crippen LogP contribution is -2.44. The molecule has 0 heterocycles. The van der Waals surface area contributed by atoms with E-state index in [4.69, 9.17) is 5.21 Å². The van der Waals surface area contributed by atoms with Crippen molar-refractivity contribution >= 4 is 5.71 Å². The van der Waals surface area contributed by atoms with E-state index in [9.17, 15) is 0 Å². The van der Waals surface area contributed by atoms with Crippen LogP contribution in [0.4, 0.5) is 0 Å². The molecule has 0 aromatic carbocycles. The van der Waals surface area contributed by atoms with Gasteiger partial charge in [-0.25, -0.2) is 0 Å². The average Bonchev–Trinajstić information content (AvgIpc) is 2.21. The molecule has 88 valence electrons. The summed E-state index contributed by atoms with van der Waals surface area (Å²) < 4.78 is 0. The molecule has 0 spiro atoms. The SMILES string of the molecule is CCC[C@H]1C[C@@H](CC/C(C)=N\O)C1(C)C. The zero-order valence-corrected chi connectivity index (χ0v) is 10.6. The van der Waals surface area contributed by atoms with Gasteiger partial charge in [-0.15, -0.1) is 0 Å². The number of hydrogen-bond acceptors (Lipinski definition) is 2. The lowest BCUT2D eigenvalue weighted by Gasteiger charge is -2.53. The van der Waals surface area contributed by atoms with Crippen molar-refractivity contribution in [2.45, 2.75) is 59.8 Å². The number of hydrogen-bond donors (Lipinski definition) is 1. The van der Waals surface area contributed by atoms with Gasteiger partial charge < -0.3 is 5.21 Å². The molecule has 0 amide bonds. The van der Waals surface area contributed by atoms with E-state index in [0.717, 1.165) is 24.0 Å². The fourth-order valence-electron chi connectivity index (χ4n) is 2.89. The molecule has 1 fully saturated rings. The quantitative estimate of drug-likeness (QED) is 0.415. The molecule has 1 aliphatic carbocycles. The van der Waals surface area contributed by atoms with Crippen molar-refractivity contribution < 1.29 is 5.21 Å². The first-order chi connectivity index (χ1) is 7.02. The van der Waals surface area contributed by atoms with Gasteiger partial charge in [0.15, 0.2) is 0 Å². The van der Waals surface area contributed by atoms with E-state index in [0.29, 0.717) is 5.41 Å². The molecule has 2 nitrogen and oxygen atoms in total. The van der Waals surface area contributed by atoms with Crippen LogP contribution in [0.5, 0.6) is 0 Å². The van der Waals surface area contributed by atoms with Gasteiger partial charge in [0, 0.05) is 0 Å². The Hall–Kier alpha value is -0.530. The van der Waals surface area contributed by atoms with Crippen molar-refractivity contribution in [3.05, 3.63) is 0 Å². The molecule has 0 unspecified atom stereocenters. The van der Waals surface area contributed by atoms with E-state index in [1.165, 1.54) is 25.7 Å². The van der Waals surface area contributed by atoms with Crippen molar-refractivity contribution in [3.63, 3.8) is 0 Å². The van der Waals surface area contributed by atoms with E-state index < -0.39 is 0 Å². The molecule has 0 aliphatic heterocycles. The molecule has 1 saturated carbocycles. The first kappa shape index (κ1) is 12.5. The first-order valence-corrected chi connectivity index (χ1v) is 6.19. The molecule has 2 atom stereocenters. The van der Waals surface area contributed by atoms with Gasteiger partial charge in [-0.2, -0.15) is 0 Å². The van der Waals surface area contributed by atoms with Gasteiger partial charge in [-0.05, 0) is 43.4 Å². The Balaban J connectivity index is 2.35. The molecule has 0 saturated heterocycles. The van der Waals surface area contributed by atoms with Crippen molar-refractivity contribution in [2.24, 2.45) is 22.4 Å². The summed E-state index contributed by atoms with van der Waals surface area (Å²) in [6, 6.07) is 0. The molecule has 1 N–H and O–H groups in total. The molecule has 1 aliphatic rings. The third kappa shape index (κ3) is 2.73. The van der Waals surface area contributed by atoms with Crippen molar-refractivity contribution in [1.29, 1.82) is 0 Å². The highest BCUT2D eigenvalue weighted by Crippen LogP contribution is 2.55. The standard InChI is InChI=1S/C13H25NO/c1-5-6-11-9-12(13(11,3)4)8-7-10(2)14-15/h11-12,15H,5-9H2,1-4H3/b14-10-/t11-,12+/m0/s1. The first-order valence-electron chi connectivity index (χ1n) is 6.19. The fourth-order valence-corrected chi connectivity index (χ4v) is 2.89. The minimum atomic E-state index is 0.506. The number of nitrogens with zero attached hydrogens (tertiary/aromatic N) is 1. The van der Waals surface area contributed by atoms with Crippen LogP contribution >= 0.6 is 0 Å². The Kier molecular flexibility index (Phi) is 4.18. The molecule has 1 rings (SSSR count). The van der Waals surface area contributed by atoms with Crippen LogP contribution in [0.15, 0.2) is 5.16 Å². The zero-order chi connectivity index (χ0) is 11.5. The predicted octanol–water partition coefficient (Wildman–Crippen LogP) is 4.08. The van der Waals surface area contributed by atoms with Gasteiger partial charge in [0.2, 0.25) is 0 Å². The maximum absolute atomic E-state index is 8.59. The Morgan fingerprint density at radius 3 is 2.40 bits per heavy atom. The summed E-state index contributed by atoms with van der Waals surface area (Å²) in [7, 11) is 0. The minimum Gasteiger partial charge on any atom is -0.411 e. The van der Waals surface area contributed by atoms with E-state index in [1.54, 1.807) is 0 Å². The van der Waals surface area contributed by atoms with Crippen LogP contribution in [-0.4, -0.2) is 10.9 Å². The summed E-state index contributed by atoms with van der Waals surface area (Å²) in [6.07, 6.45) is 6.18.